The molecule has 0 aliphatic heterocycles. The fraction of sp³-hybridized carbons (Fsp3) is 0.333. The van der Waals surface area contributed by atoms with Crippen molar-refractivity contribution in [3.63, 3.8) is 0 Å². The van der Waals surface area contributed by atoms with E-state index in [-0.39, 0.29) is 6.04 Å². The molecule has 0 spiro atoms. The first-order chi connectivity index (χ1) is 9.78. The smallest absolute Gasteiger partial charge is 0.150 e. The number of pyridine rings is 1. The molecule has 100 valence electrons. The van der Waals surface area contributed by atoms with Gasteiger partial charge in [-0.2, -0.15) is 5.26 Å². The lowest BCUT2D eigenvalue weighted by Gasteiger charge is -2.14. The molecule has 1 saturated carbocycles. The quantitative estimate of drug-likeness (QED) is 0.920. The summed E-state index contributed by atoms with van der Waals surface area (Å²) in [7, 11) is 0. The summed E-state index contributed by atoms with van der Waals surface area (Å²) >= 11 is 0. The van der Waals surface area contributed by atoms with Gasteiger partial charge in [-0.25, -0.2) is 15.0 Å². The fourth-order valence-electron chi connectivity index (χ4n) is 2.08. The second-order valence-corrected chi connectivity index (χ2v) is 4.99. The fourth-order valence-corrected chi connectivity index (χ4v) is 2.08. The molecule has 20 heavy (non-hydrogen) atoms. The van der Waals surface area contributed by atoms with Crippen LogP contribution >= 0.6 is 0 Å². The molecule has 1 N–H and O–H groups in total. The van der Waals surface area contributed by atoms with Crippen LogP contribution in [0.5, 0.6) is 0 Å². The van der Waals surface area contributed by atoms with Gasteiger partial charge in [0.25, 0.3) is 0 Å². The maximum absolute atomic E-state index is 9.19. The molecule has 5 heteroatoms. The van der Waals surface area contributed by atoms with Gasteiger partial charge in [-0.05, 0) is 38.0 Å². The van der Waals surface area contributed by atoms with E-state index in [1.54, 1.807) is 18.5 Å². The van der Waals surface area contributed by atoms with Gasteiger partial charge in [0, 0.05) is 24.0 Å². The van der Waals surface area contributed by atoms with Crippen LogP contribution in [-0.4, -0.2) is 15.0 Å². The maximum Gasteiger partial charge on any atom is 0.150 e. The highest BCUT2D eigenvalue weighted by Gasteiger charge is 2.26. The first-order valence-corrected chi connectivity index (χ1v) is 6.72. The highest BCUT2D eigenvalue weighted by atomic mass is 15.1. The van der Waals surface area contributed by atoms with Crippen molar-refractivity contribution in [1.29, 1.82) is 5.26 Å². The van der Waals surface area contributed by atoms with Crippen LogP contribution in [0.15, 0.2) is 30.6 Å². The van der Waals surface area contributed by atoms with Gasteiger partial charge in [-0.3, -0.25) is 0 Å². The summed E-state index contributed by atoms with van der Waals surface area (Å²) in [6.07, 6.45) is 5.80. The van der Waals surface area contributed by atoms with Crippen LogP contribution in [0.25, 0.3) is 0 Å². The third-order valence-electron chi connectivity index (χ3n) is 3.36. The predicted molar refractivity (Wildman–Crippen MR) is 75.0 cm³/mol. The monoisotopic (exact) mass is 265 g/mol. The Morgan fingerprint density at radius 2 is 2.05 bits per heavy atom. The average molecular weight is 265 g/mol. The van der Waals surface area contributed by atoms with Crippen LogP contribution in [0, 0.1) is 11.3 Å². The minimum absolute atomic E-state index is 0.0924. The van der Waals surface area contributed by atoms with E-state index in [1.807, 2.05) is 19.1 Å². The van der Waals surface area contributed by atoms with Crippen LogP contribution in [-0.2, 0) is 0 Å². The molecule has 0 bridgehead atoms. The van der Waals surface area contributed by atoms with Gasteiger partial charge >= 0.3 is 0 Å². The molecule has 1 aliphatic carbocycles. The second-order valence-electron chi connectivity index (χ2n) is 4.99. The largest absolute Gasteiger partial charge is 0.359 e. The normalized spacial score (nSPS) is 15.4. The van der Waals surface area contributed by atoms with Gasteiger partial charge in [-0.1, -0.05) is 0 Å². The van der Waals surface area contributed by atoms with E-state index >= 15 is 0 Å². The van der Waals surface area contributed by atoms with Crippen molar-refractivity contribution in [3.05, 3.63) is 47.7 Å². The molecule has 0 radical (unpaired) electrons. The van der Waals surface area contributed by atoms with Crippen LogP contribution < -0.4 is 5.32 Å². The zero-order valence-electron chi connectivity index (χ0n) is 11.2. The second kappa shape index (κ2) is 5.25. The summed E-state index contributed by atoms with van der Waals surface area (Å²) in [6.45, 7) is 1.96. The SMILES string of the molecule is CC(Nc1nc(C2CC2)ccc1C#N)c1ncccn1. The first kappa shape index (κ1) is 12.5. The lowest BCUT2D eigenvalue weighted by Crippen LogP contribution is -2.12. The number of nitrogens with zero attached hydrogens (tertiary/aromatic N) is 4. The summed E-state index contributed by atoms with van der Waals surface area (Å²) in [6, 6.07) is 7.65. The number of nitrogens with one attached hydrogen (secondary N) is 1. The molecule has 2 aromatic rings. The van der Waals surface area contributed by atoms with E-state index in [4.69, 9.17) is 0 Å². The molecule has 5 nitrogen and oxygen atoms in total. The van der Waals surface area contributed by atoms with Crippen LogP contribution in [0.3, 0.4) is 0 Å². The molecule has 1 atom stereocenters. The zero-order chi connectivity index (χ0) is 13.9. The summed E-state index contributed by atoms with van der Waals surface area (Å²) in [4.78, 5) is 13.0. The molecule has 0 amide bonds. The predicted octanol–water partition coefficient (Wildman–Crippen LogP) is 2.79. The van der Waals surface area contributed by atoms with Crippen molar-refractivity contribution in [2.24, 2.45) is 0 Å². The van der Waals surface area contributed by atoms with Gasteiger partial charge in [0.05, 0.1) is 11.6 Å². The van der Waals surface area contributed by atoms with Crippen LogP contribution in [0.1, 0.15) is 48.8 Å². The molecule has 2 aromatic heterocycles. The summed E-state index contributed by atoms with van der Waals surface area (Å²) in [5.74, 6) is 1.87. The van der Waals surface area contributed by atoms with E-state index in [9.17, 15) is 5.26 Å². The minimum atomic E-state index is -0.0924. The van der Waals surface area contributed by atoms with Gasteiger partial charge in [0.1, 0.15) is 17.7 Å². The van der Waals surface area contributed by atoms with Crippen molar-refractivity contribution in [3.8, 4) is 6.07 Å². The van der Waals surface area contributed by atoms with Crippen molar-refractivity contribution in [2.45, 2.75) is 31.7 Å². The zero-order valence-corrected chi connectivity index (χ0v) is 11.2. The third kappa shape index (κ3) is 2.59. The van der Waals surface area contributed by atoms with E-state index in [0.717, 1.165) is 5.69 Å². The summed E-state index contributed by atoms with van der Waals surface area (Å²) < 4.78 is 0. The molecule has 3 rings (SSSR count). The van der Waals surface area contributed by atoms with E-state index in [1.165, 1.54) is 12.8 Å². The van der Waals surface area contributed by atoms with Gasteiger partial charge in [0.15, 0.2) is 0 Å². The number of aromatic nitrogens is 3. The highest BCUT2D eigenvalue weighted by Crippen LogP contribution is 2.39. The molecule has 1 fully saturated rings. The average Bonchev–Trinajstić information content (AvgIpc) is 3.33. The standard InChI is InChI=1S/C15H15N5/c1-10(14-17-7-2-8-18-14)19-15-12(9-16)5-6-13(20-15)11-3-4-11/h2,5-8,10-11H,3-4H2,1H3,(H,19,20). The lowest BCUT2D eigenvalue weighted by atomic mass is 10.2. The maximum atomic E-state index is 9.19. The number of nitriles is 1. The number of rotatable bonds is 4. The van der Waals surface area contributed by atoms with E-state index in [2.05, 4.69) is 26.3 Å². The lowest BCUT2D eigenvalue weighted by molar-refractivity contribution is 0.780. The Hall–Kier alpha value is -2.48. The molecular formula is C15H15N5. The molecule has 0 aromatic carbocycles. The van der Waals surface area contributed by atoms with Crippen molar-refractivity contribution in [1.82, 2.24) is 15.0 Å². The Bertz CT molecular complexity index is 643. The highest BCUT2D eigenvalue weighted by molar-refractivity contribution is 5.53. The summed E-state index contributed by atoms with van der Waals surface area (Å²) in [5, 5.41) is 12.4. The van der Waals surface area contributed by atoms with Crippen molar-refractivity contribution >= 4 is 5.82 Å². The van der Waals surface area contributed by atoms with E-state index in [0.29, 0.717) is 23.1 Å². The van der Waals surface area contributed by atoms with Gasteiger partial charge in [0.2, 0.25) is 0 Å². The first-order valence-electron chi connectivity index (χ1n) is 6.72. The number of hydrogen-bond donors (Lipinski definition) is 1. The summed E-state index contributed by atoms with van der Waals surface area (Å²) in [5.41, 5.74) is 1.62. The Kier molecular flexibility index (Phi) is 3.30. The van der Waals surface area contributed by atoms with Crippen molar-refractivity contribution < 1.29 is 0 Å². The Morgan fingerprint density at radius 3 is 2.70 bits per heavy atom. The molecule has 1 unspecified atom stereocenters. The van der Waals surface area contributed by atoms with Gasteiger partial charge in [-0.15, -0.1) is 0 Å². The van der Waals surface area contributed by atoms with Gasteiger partial charge < -0.3 is 5.32 Å². The van der Waals surface area contributed by atoms with Crippen LogP contribution in [0.2, 0.25) is 0 Å². The van der Waals surface area contributed by atoms with E-state index < -0.39 is 0 Å². The molecule has 1 aliphatic rings. The third-order valence-corrected chi connectivity index (χ3v) is 3.36. The molecular weight excluding hydrogens is 250 g/mol. The molecule has 0 saturated heterocycles. The van der Waals surface area contributed by atoms with Crippen molar-refractivity contribution in [2.75, 3.05) is 5.32 Å². The minimum Gasteiger partial charge on any atom is -0.359 e. The Balaban J connectivity index is 1.85. The number of anilines is 1. The van der Waals surface area contributed by atoms with Crippen LogP contribution in [0.4, 0.5) is 5.82 Å². The number of hydrogen-bond acceptors (Lipinski definition) is 5. The molecule has 2 heterocycles. The Labute approximate surface area is 117 Å². The topological polar surface area (TPSA) is 74.5 Å². The Morgan fingerprint density at radius 1 is 1.30 bits per heavy atom.